The van der Waals surface area contributed by atoms with Crippen molar-refractivity contribution in [3.05, 3.63) is 29.8 Å². The molecule has 14 heavy (non-hydrogen) atoms. The van der Waals surface area contributed by atoms with Crippen LogP contribution in [0.4, 0.5) is 0 Å². The van der Waals surface area contributed by atoms with Crippen LogP contribution in [-0.4, -0.2) is 26.8 Å². The van der Waals surface area contributed by atoms with Gasteiger partial charge in [0.25, 0.3) is 3.54 Å². The molecule has 0 aromatic heterocycles. The molecule has 0 amide bonds. The maximum Gasteiger partial charge on any atom is 1.42 e. The summed E-state index contributed by atoms with van der Waals surface area (Å²) in [5, 5.41) is 8.76. The predicted octanol–water partition coefficient (Wildman–Crippen LogP) is 3.65. The van der Waals surface area contributed by atoms with Crippen molar-refractivity contribution >= 4 is 38.7 Å². The molecule has 0 aliphatic heterocycles. The van der Waals surface area contributed by atoms with Crippen LogP contribution >= 0.6 is 17.0 Å². The van der Waals surface area contributed by atoms with Gasteiger partial charge in [-0.2, -0.15) is 0 Å². The number of hydrogen-bond donors (Lipinski definition) is 1. The highest BCUT2D eigenvalue weighted by atomic mass is 79.9. The Morgan fingerprint density at radius 2 is 1.36 bits per heavy atom. The zero-order valence-corrected chi connectivity index (χ0v) is 12.5. The smallest absolute Gasteiger partial charge is 0.508 e. The minimum atomic E-state index is 0. The zero-order valence-electron chi connectivity index (χ0n) is 9.37. The van der Waals surface area contributed by atoms with Crippen molar-refractivity contribution in [3.63, 3.8) is 0 Å². The summed E-state index contributed by atoms with van der Waals surface area (Å²) in [5.41, 5.74) is 1.17. The summed E-state index contributed by atoms with van der Waals surface area (Å²) >= 11 is 2.01. The van der Waals surface area contributed by atoms with Gasteiger partial charge in [-0.25, -0.2) is 0 Å². The van der Waals surface area contributed by atoms with Gasteiger partial charge in [0, 0.05) is 20.8 Å². The summed E-state index contributed by atoms with van der Waals surface area (Å²) in [6.45, 7) is 8.59. The Morgan fingerprint density at radius 1 is 1.07 bits per heavy atom. The van der Waals surface area contributed by atoms with Gasteiger partial charge >= 0.3 is 21.7 Å². The lowest BCUT2D eigenvalue weighted by Crippen LogP contribution is -1.90. The first-order chi connectivity index (χ1) is 5.79. The number of rotatable bonds is 0. The summed E-state index contributed by atoms with van der Waals surface area (Å²) in [4.78, 5) is 0. The minimum absolute atomic E-state index is 0. The van der Waals surface area contributed by atoms with Crippen molar-refractivity contribution in [1.82, 2.24) is 0 Å². The van der Waals surface area contributed by atoms with Gasteiger partial charge in [-0.15, -0.1) is 17.0 Å². The number of aromatic hydroxyl groups is 1. The zero-order chi connectivity index (χ0) is 10.5. The first-order valence-electron chi connectivity index (χ1n) is 4.40. The largest absolute Gasteiger partial charge is 1.42 e. The fourth-order valence-electron chi connectivity index (χ4n) is 0.545. The third-order valence-electron chi connectivity index (χ3n) is 1.03. The van der Waals surface area contributed by atoms with Gasteiger partial charge < -0.3 is 5.11 Å². The molecular weight excluding hydrogens is 252 g/mol. The highest BCUT2D eigenvalue weighted by Gasteiger charge is 2.46. The Balaban J connectivity index is 0. The lowest BCUT2D eigenvalue weighted by molar-refractivity contribution is 0.475. The number of benzene rings is 1. The first kappa shape index (κ1) is 16.7. The van der Waals surface area contributed by atoms with Gasteiger partial charge in [-0.3, -0.25) is 0 Å². The summed E-state index contributed by atoms with van der Waals surface area (Å²) in [5.74, 6) is 0.329. The molecule has 1 rings (SSSR count). The summed E-state index contributed by atoms with van der Waals surface area (Å²) in [7, 11) is 0. The van der Waals surface area contributed by atoms with Crippen LogP contribution in [0.2, 0.25) is 3.54 Å². The second-order valence-corrected chi connectivity index (χ2v) is 6.52. The van der Waals surface area contributed by atoms with E-state index in [4.69, 9.17) is 5.11 Å². The maximum atomic E-state index is 8.76. The molecule has 1 aromatic rings. The highest BCUT2D eigenvalue weighted by Crippen LogP contribution is 2.13. The summed E-state index contributed by atoms with van der Waals surface area (Å²) in [6, 6.07) is 7.09. The molecule has 0 saturated heterocycles. The molecule has 0 bridgehead atoms. The molecule has 1 nitrogen and oxygen atoms in total. The van der Waals surface area contributed by atoms with E-state index in [0.717, 1.165) is 0 Å². The monoisotopic (exact) mass is 269 g/mol. The van der Waals surface area contributed by atoms with Crippen LogP contribution in [0.3, 0.4) is 0 Å². The van der Waals surface area contributed by atoms with Gasteiger partial charge in [0.1, 0.15) is 5.75 Å². The number of halogens is 1. The van der Waals surface area contributed by atoms with E-state index in [1.807, 2.05) is 40.8 Å². The predicted molar refractivity (Wildman–Crippen MR) is 68.6 cm³/mol. The number of phenols is 1. The van der Waals surface area contributed by atoms with Crippen molar-refractivity contribution in [2.75, 3.05) is 0 Å². The van der Waals surface area contributed by atoms with Gasteiger partial charge in [-0.05, 0) is 19.1 Å². The summed E-state index contributed by atoms with van der Waals surface area (Å²) < 4.78 is 0.528. The quantitative estimate of drug-likeness (QED) is 0.713. The van der Waals surface area contributed by atoms with Crippen LogP contribution in [-0.2, 0) is 0 Å². The first-order valence-corrected chi connectivity index (χ1v) is 5.11. The van der Waals surface area contributed by atoms with E-state index < -0.39 is 0 Å². The number of aryl methyl sites for hydroxylation is 1. The molecule has 3 heteroatoms. The average molecular weight is 270 g/mol. The van der Waals surface area contributed by atoms with E-state index in [9.17, 15) is 0 Å². The van der Waals surface area contributed by atoms with E-state index in [1.165, 1.54) is 5.56 Å². The van der Waals surface area contributed by atoms with Gasteiger partial charge in [0.2, 0.25) is 0 Å². The fourth-order valence-corrected chi connectivity index (χ4v) is 0.545. The Kier molecular flexibility index (Phi) is 8.99. The Hall–Kier alpha value is 0.266. The van der Waals surface area contributed by atoms with E-state index >= 15 is 0 Å². The second-order valence-electron chi connectivity index (χ2n) is 4.40. The van der Waals surface area contributed by atoms with Crippen LogP contribution < -0.4 is 0 Å². The molecule has 0 aliphatic carbocycles. The van der Waals surface area contributed by atoms with Crippen LogP contribution in [0.15, 0.2) is 24.3 Å². The molecule has 0 aliphatic rings. The molecule has 1 aromatic carbocycles. The lowest BCUT2D eigenvalue weighted by Gasteiger charge is -1.89. The van der Waals surface area contributed by atoms with Crippen molar-refractivity contribution in [2.45, 2.75) is 31.2 Å². The molecule has 0 atom stereocenters. The standard InChI is InChI=1S/C7H8O.C4H9.BrH.Mg/c1-6-2-4-7(8)5-3-6;1-4(2)3;;/h2-5,8H,1H3;1-3H3;1H;/q;;;+2. The van der Waals surface area contributed by atoms with Gasteiger partial charge in [0.05, 0.1) is 0 Å². The highest BCUT2D eigenvalue weighted by molar-refractivity contribution is 8.93. The fraction of sp³-hybridized carbons (Fsp3) is 0.455. The van der Waals surface area contributed by atoms with E-state index in [0.29, 0.717) is 9.29 Å². The Labute approximate surface area is 110 Å². The average Bonchev–Trinajstić information content (AvgIpc) is 1.92. The third kappa shape index (κ3) is 14.8. The molecule has 0 heterocycles. The maximum absolute atomic E-state index is 8.76. The van der Waals surface area contributed by atoms with Crippen molar-refractivity contribution in [2.24, 2.45) is 0 Å². The van der Waals surface area contributed by atoms with Gasteiger partial charge in [-0.1, -0.05) is 17.7 Å². The van der Waals surface area contributed by atoms with Gasteiger partial charge in [0.15, 0.2) is 0 Å². The molecule has 0 unspecified atom stereocenters. The molecule has 7 radical (unpaired) electrons. The molecular formula is C11H18BrMgO+2. The molecule has 0 saturated carbocycles. The molecule has 0 fully saturated rings. The van der Waals surface area contributed by atoms with Crippen LogP contribution in [0.1, 0.15) is 26.3 Å². The van der Waals surface area contributed by atoms with E-state index in [2.05, 4.69) is 20.8 Å². The number of hydrogen-bond acceptors (Lipinski definition) is 1. The second kappa shape index (κ2) is 7.54. The van der Waals surface area contributed by atoms with Crippen molar-refractivity contribution in [1.29, 1.82) is 0 Å². The minimum Gasteiger partial charge on any atom is -0.508 e. The number of phenolic OH excluding ortho intramolecular Hbond substituents is 1. The van der Waals surface area contributed by atoms with Crippen LogP contribution in [0.5, 0.6) is 5.75 Å². The normalized spacial score (nSPS) is 9.50. The van der Waals surface area contributed by atoms with Crippen molar-refractivity contribution < 1.29 is 5.11 Å². The lowest BCUT2D eigenvalue weighted by atomic mass is 10.2. The Morgan fingerprint density at radius 3 is 1.57 bits per heavy atom. The summed E-state index contributed by atoms with van der Waals surface area (Å²) in [6.07, 6.45) is 0. The SMILES string of the molecule is Br.C[C](C)(C)[Mg+2].Cc1ccc(O)cc1. The topological polar surface area (TPSA) is 20.2 Å². The van der Waals surface area contributed by atoms with E-state index in [1.54, 1.807) is 12.1 Å². The molecule has 75 valence electrons. The van der Waals surface area contributed by atoms with E-state index in [-0.39, 0.29) is 17.0 Å². The molecule has 0 spiro atoms. The third-order valence-corrected chi connectivity index (χ3v) is 1.03. The van der Waals surface area contributed by atoms with Crippen LogP contribution in [0.25, 0.3) is 0 Å². The van der Waals surface area contributed by atoms with Crippen molar-refractivity contribution in [3.8, 4) is 5.75 Å². The van der Waals surface area contributed by atoms with Crippen LogP contribution in [0, 0.1) is 6.92 Å². The Bertz CT molecular complexity index is 211. The molecule has 1 N–H and O–H groups in total.